The number of carbonyl (C=O) groups is 3. The maximum atomic E-state index is 12.3. The molecule has 0 bridgehead atoms. The van der Waals surface area contributed by atoms with Gasteiger partial charge in [0.05, 0.1) is 0 Å². The maximum absolute atomic E-state index is 12.3. The molecule has 166 valence electrons. The zero-order valence-electron chi connectivity index (χ0n) is 17.8. The fourth-order valence-corrected chi connectivity index (χ4v) is 3.05. The molecule has 1 aliphatic rings. The zero-order chi connectivity index (χ0) is 22.8. The van der Waals surface area contributed by atoms with Crippen LogP contribution in [-0.2, 0) is 20.9 Å². The summed E-state index contributed by atoms with van der Waals surface area (Å²) in [6.45, 7) is 8.52. The summed E-state index contributed by atoms with van der Waals surface area (Å²) in [5, 5.41) is 14.8. The third-order valence-corrected chi connectivity index (χ3v) is 4.79. The highest BCUT2D eigenvalue weighted by Gasteiger charge is 2.21. The summed E-state index contributed by atoms with van der Waals surface area (Å²) >= 11 is 0. The Balaban J connectivity index is 0.000000501. The number of benzene rings is 2. The number of aryl methyl sites for hydroxylation is 2. The Morgan fingerprint density at radius 3 is 2.03 bits per heavy atom. The molecule has 8 nitrogen and oxygen atoms in total. The predicted molar refractivity (Wildman–Crippen MR) is 115 cm³/mol. The summed E-state index contributed by atoms with van der Waals surface area (Å²) < 4.78 is 5.63. The Morgan fingerprint density at radius 2 is 1.48 bits per heavy atom. The Bertz CT molecular complexity index is 877. The second-order valence-corrected chi connectivity index (χ2v) is 7.36. The second-order valence-electron chi connectivity index (χ2n) is 7.36. The van der Waals surface area contributed by atoms with Crippen LogP contribution in [0.5, 0.6) is 5.75 Å². The molecule has 3 rings (SSSR count). The van der Waals surface area contributed by atoms with Gasteiger partial charge in [0.25, 0.3) is 5.91 Å². The van der Waals surface area contributed by atoms with Crippen molar-refractivity contribution in [2.75, 3.05) is 32.8 Å². The van der Waals surface area contributed by atoms with Crippen molar-refractivity contribution in [3.05, 3.63) is 65.2 Å². The first-order valence-electron chi connectivity index (χ1n) is 9.96. The van der Waals surface area contributed by atoms with E-state index in [2.05, 4.69) is 36.1 Å². The quantitative estimate of drug-likeness (QED) is 0.703. The van der Waals surface area contributed by atoms with Crippen molar-refractivity contribution in [1.29, 1.82) is 0 Å². The standard InChI is InChI=1S/C21H26N2O2.C2H2O4/c1-17-6-8-19(9-7-17)15-22-10-12-23(13-11-22)21(24)16-25-20-5-3-4-18(2)14-20;3-1(4)2(5)6/h3-9,14H,10-13,15-16H2,1-2H3;(H,3,4)(H,5,6). The summed E-state index contributed by atoms with van der Waals surface area (Å²) in [6.07, 6.45) is 0. The van der Waals surface area contributed by atoms with Crippen LogP contribution in [0.4, 0.5) is 0 Å². The first-order chi connectivity index (χ1) is 14.7. The normalized spacial score (nSPS) is 13.7. The number of hydrogen-bond donors (Lipinski definition) is 2. The van der Waals surface area contributed by atoms with E-state index >= 15 is 0 Å². The van der Waals surface area contributed by atoms with Crippen molar-refractivity contribution in [1.82, 2.24) is 9.80 Å². The van der Waals surface area contributed by atoms with Gasteiger partial charge in [-0.2, -0.15) is 0 Å². The Hall–Kier alpha value is -3.39. The van der Waals surface area contributed by atoms with Gasteiger partial charge in [0.2, 0.25) is 0 Å². The van der Waals surface area contributed by atoms with E-state index in [-0.39, 0.29) is 12.5 Å². The molecule has 0 atom stereocenters. The van der Waals surface area contributed by atoms with Gasteiger partial charge in [-0.15, -0.1) is 0 Å². The van der Waals surface area contributed by atoms with E-state index in [1.807, 2.05) is 36.1 Å². The molecule has 31 heavy (non-hydrogen) atoms. The molecule has 2 N–H and O–H groups in total. The molecule has 1 heterocycles. The molecule has 0 unspecified atom stereocenters. The predicted octanol–water partition coefficient (Wildman–Crippen LogP) is 2.18. The van der Waals surface area contributed by atoms with Crippen LogP contribution in [0.25, 0.3) is 0 Å². The Morgan fingerprint density at radius 1 is 0.871 bits per heavy atom. The van der Waals surface area contributed by atoms with Gasteiger partial charge < -0.3 is 19.8 Å². The summed E-state index contributed by atoms with van der Waals surface area (Å²) in [6, 6.07) is 16.5. The average molecular weight is 428 g/mol. The van der Waals surface area contributed by atoms with E-state index in [4.69, 9.17) is 24.5 Å². The molecule has 1 saturated heterocycles. The van der Waals surface area contributed by atoms with Crippen LogP contribution in [0.15, 0.2) is 48.5 Å². The third-order valence-electron chi connectivity index (χ3n) is 4.79. The highest BCUT2D eigenvalue weighted by Crippen LogP contribution is 2.13. The zero-order valence-corrected chi connectivity index (χ0v) is 17.8. The van der Waals surface area contributed by atoms with Crippen LogP contribution in [0, 0.1) is 13.8 Å². The van der Waals surface area contributed by atoms with E-state index in [0.717, 1.165) is 44.0 Å². The molecule has 0 aromatic heterocycles. The lowest BCUT2D eigenvalue weighted by molar-refractivity contribution is -0.159. The molecule has 1 aliphatic heterocycles. The maximum Gasteiger partial charge on any atom is 0.414 e. The van der Waals surface area contributed by atoms with Gasteiger partial charge in [-0.3, -0.25) is 9.69 Å². The summed E-state index contributed by atoms with van der Waals surface area (Å²) in [4.78, 5) is 34.8. The van der Waals surface area contributed by atoms with Crippen LogP contribution in [0.2, 0.25) is 0 Å². The third kappa shape index (κ3) is 8.47. The molecule has 8 heteroatoms. The van der Waals surface area contributed by atoms with Crippen LogP contribution in [0.3, 0.4) is 0 Å². The van der Waals surface area contributed by atoms with Crippen molar-refractivity contribution in [3.63, 3.8) is 0 Å². The van der Waals surface area contributed by atoms with Gasteiger partial charge >= 0.3 is 11.9 Å². The minimum atomic E-state index is -1.82. The first-order valence-corrected chi connectivity index (χ1v) is 9.96. The number of ether oxygens (including phenoxy) is 1. The molecule has 0 aliphatic carbocycles. The molecule has 0 spiro atoms. The molecule has 0 saturated carbocycles. The van der Waals surface area contributed by atoms with Gasteiger partial charge in [-0.25, -0.2) is 9.59 Å². The number of rotatable bonds is 5. The van der Waals surface area contributed by atoms with E-state index in [9.17, 15) is 4.79 Å². The summed E-state index contributed by atoms with van der Waals surface area (Å²) in [5.74, 6) is -2.83. The lowest BCUT2D eigenvalue weighted by atomic mass is 10.1. The monoisotopic (exact) mass is 428 g/mol. The fraction of sp³-hybridized carbons (Fsp3) is 0.348. The van der Waals surface area contributed by atoms with Crippen molar-refractivity contribution in [2.24, 2.45) is 0 Å². The van der Waals surface area contributed by atoms with Gasteiger partial charge in [-0.1, -0.05) is 42.0 Å². The Labute approximate surface area is 181 Å². The minimum absolute atomic E-state index is 0.0662. The van der Waals surface area contributed by atoms with Gasteiger partial charge in [0.1, 0.15) is 5.75 Å². The topological polar surface area (TPSA) is 107 Å². The number of amides is 1. The molecule has 0 radical (unpaired) electrons. The number of piperazine rings is 1. The highest BCUT2D eigenvalue weighted by atomic mass is 16.5. The molecule has 2 aromatic carbocycles. The molecular formula is C23H28N2O6. The number of carboxylic acid groups (broad SMARTS) is 2. The fourth-order valence-electron chi connectivity index (χ4n) is 3.05. The van der Waals surface area contributed by atoms with E-state index in [1.54, 1.807) is 0 Å². The van der Waals surface area contributed by atoms with Gasteiger partial charge in [-0.05, 0) is 37.1 Å². The van der Waals surface area contributed by atoms with Crippen molar-refractivity contribution < 1.29 is 29.3 Å². The van der Waals surface area contributed by atoms with Crippen LogP contribution >= 0.6 is 0 Å². The number of hydrogen-bond acceptors (Lipinski definition) is 5. The van der Waals surface area contributed by atoms with Gasteiger partial charge in [0.15, 0.2) is 6.61 Å². The number of carbonyl (C=O) groups excluding carboxylic acids is 1. The number of nitrogens with zero attached hydrogens (tertiary/aromatic N) is 2. The largest absolute Gasteiger partial charge is 0.484 e. The summed E-state index contributed by atoms with van der Waals surface area (Å²) in [7, 11) is 0. The van der Waals surface area contributed by atoms with E-state index in [0.29, 0.717) is 0 Å². The SMILES string of the molecule is Cc1ccc(CN2CCN(C(=O)COc3cccc(C)c3)CC2)cc1.O=C(O)C(=O)O. The molecular weight excluding hydrogens is 400 g/mol. The number of carboxylic acids is 2. The molecule has 1 amide bonds. The second kappa shape index (κ2) is 11.7. The molecule has 1 fully saturated rings. The average Bonchev–Trinajstić information content (AvgIpc) is 2.74. The Kier molecular flexibility index (Phi) is 9.02. The summed E-state index contributed by atoms with van der Waals surface area (Å²) in [5.41, 5.74) is 3.75. The minimum Gasteiger partial charge on any atom is -0.484 e. The smallest absolute Gasteiger partial charge is 0.414 e. The lowest BCUT2D eigenvalue weighted by Gasteiger charge is -2.34. The van der Waals surface area contributed by atoms with Crippen molar-refractivity contribution in [2.45, 2.75) is 20.4 Å². The van der Waals surface area contributed by atoms with Crippen molar-refractivity contribution >= 4 is 17.8 Å². The van der Waals surface area contributed by atoms with Crippen molar-refractivity contribution in [3.8, 4) is 5.75 Å². The van der Waals surface area contributed by atoms with E-state index in [1.165, 1.54) is 11.1 Å². The molecule has 2 aromatic rings. The van der Waals surface area contributed by atoms with Gasteiger partial charge in [0, 0.05) is 32.7 Å². The van der Waals surface area contributed by atoms with Crippen LogP contribution in [0.1, 0.15) is 16.7 Å². The first kappa shape index (κ1) is 23.9. The van der Waals surface area contributed by atoms with Crippen LogP contribution < -0.4 is 4.74 Å². The lowest BCUT2D eigenvalue weighted by Crippen LogP contribution is -2.49. The van der Waals surface area contributed by atoms with Crippen LogP contribution in [-0.4, -0.2) is 70.6 Å². The number of aliphatic carboxylic acids is 2. The highest BCUT2D eigenvalue weighted by molar-refractivity contribution is 6.27. The van der Waals surface area contributed by atoms with E-state index < -0.39 is 11.9 Å².